The highest BCUT2D eigenvalue weighted by Gasteiger charge is 2.26. The normalized spacial score (nSPS) is 11.9. The van der Waals surface area contributed by atoms with E-state index in [2.05, 4.69) is 273 Å². The minimum absolute atomic E-state index is 0.692. The van der Waals surface area contributed by atoms with Gasteiger partial charge in [-0.15, -0.1) is 0 Å². The second-order valence-corrected chi connectivity index (χ2v) is 19.7. The van der Waals surface area contributed by atoms with Crippen molar-refractivity contribution in [2.75, 3.05) is 0 Å². The first-order chi connectivity index (χ1) is 37.7. The Hall–Kier alpha value is -10.3. The Kier molecular flexibility index (Phi) is 9.23. The molecule has 0 saturated heterocycles. The smallest absolute Gasteiger partial charge is 0.160 e. The Morgan fingerprint density at radius 2 is 0.684 bits per heavy atom. The van der Waals surface area contributed by atoms with Crippen LogP contribution in [0.15, 0.2) is 267 Å². The molecule has 11 aromatic carbocycles. The highest BCUT2D eigenvalue weighted by atomic mass is 15.0. The van der Waals surface area contributed by atoms with Gasteiger partial charge in [0, 0.05) is 82.5 Å². The maximum atomic E-state index is 5.39. The third-order valence-corrected chi connectivity index (χ3v) is 15.5. The molecule has 76 heavy (non-hydrogen) atoms. The standard InChI is InChI=1S/C70H44N6/c1-6-21-45(22-7-1)57-44-58(72-70(71-57)46-23-8-2-9-24-46)53-33-20-36-62-65(53)55-39-42-63-66(69(55)76(62)49-29-14-5-15-30-49)54-32-17-19-35-60(54)74(63)50-37-40-61-56(43-50)67-64(73(61)47-25-10-3-11-26-47)41-38-52-51-31-16-18-34-59(51)75(68(52)67)48-27-12-4-13-28-48/h1-44H. The Morgan fingerprint density at radius 3 is 1.36 bits per heavy atom. The molecule has 0 spiro atoms. The van der Waals surface area contributed by atoms with Crippen LogP contribution in [-0.4, -0.2) is 28.2 Å². The van der Waals surface area contributed by atoms with Crippen LogP contribution in [0.1, 0.15) is 0 Å². The van der Waals surface area contributed by atoms with E-state index in [1.165, 1.54) is 43.4 Å². The number of nitrogens with zero attached hydrogens (tertiary/aromatic N) is 6. The largest absolute Gasteiger partial charge is 0.309 e. The Labute approximate surface area is 436 Å². The van der Waals surface area contributed by atoms with Crippen molar-refractivity contribution in [3.05, 3.63) is 267 Å². The zero-order valence-corrected chi connectivity index (χ0v) is 41.1. The van der Waals surface area contributed by atoms with Crippen LogP contribution in [0.2, 0.25) is 0 Å². The molecule has 0 unspecified atom stereocenters. The molecule has 0 saturated carbocycles. The molecule has 16 aromatic rings. The van der Waals surface area contributed by atoms with Gasteiger partial charge in [-0.3, -0.25) is 0 Å². The fourth-order valence-electron chi connectivity index (χ4n) is 12.4. The second kappa shape index (κ2) is 16.6. The third-order valence-electron chi connectivity index (χ3n) is 15.5. The van der Waals surface area contributed by atoms with Crippen molar-refractivity contribution in [2.45, 2.75) is 0 Å². The molecule has 6 heteroatoms. The van der Waals surface area contributed by atoms with Gasteiger partial charge in [-0.05, 0) is 91.0 Å². The van der Waals surface area contributed by atoms with Crippen molar-refractivity contribution in [2.24, 2.45) is 0 Å². The van der Waals surface area contributed by atoms with Crippen LogP contribution >= 0.6 is 0 Å². The fourth-order valence-corrected chi connectivity index (χ4v) is 12.4. The maximum Gasteiger partial charge on any atom is 0.160 e. The van der Waals surface area contributed by atoms with E-state index < -0.39 is 0 Å². The summed E-state index contributed by atoms with van der Waals surface area (Å²) in [6, 6.07) is 96.2. The number of benzene rings is 11. The van der Waals surface area contributed by atoms with Gasteiger partial charge in [-0.25, -0.2) is 9.97 Å². The molecular formula is C70H44N6. The average molecular weight is 969 g/mol. The summed E-state index contributed by atoms with van der Waals surface area (Å²) >= 11 is 0. The van der Waals surface area contributed by atoms with Crippen LogP contribution < -0.4 is 0 Å². The van der Waals surface area contributed by atoms with E-state index in [0.717, 1.165) is 94.7 Å². The van der Waals surface area contributed by atoms with Gasteiger partial charge in [0.05, 0.1) is 55.5 Å². The van der Waals surface area contributed by atoms with Gasteiger partial charge in [0.15, 0.2) is 5.82 Å². The molecule has 0 aliphatic heterocycles. The van der Waals surface area contributed by atoms with Crippen molar-refractivity contribution >= 4 is 87.2 Å². The van der Waals surface area contributed by atoms with Crippen LogP contribution in [0.3, 0.4) is 0 Å². The van der Waals surface area contributed by atoms with Crippen molar-refractivity contribution in [3.8, 4) is 56.7 Å². The van der Waals surface area contributed by atoms with Crippen LogP contribution in [0.5, 0.6) is 0 Å². The molecule has 0 radical (unpaired) electrons. The summed E-state index contributed by atoms with van der Waals surface area (Å²) in [7, 11) is 0. The molecule has 0 fully saturated rings. The Morgan fingerprint density at radius 1 is 0.237 bits per heavy atom. The highest BCUT2D eigenvalue weighted by Crippen LogP contribution is 2.47. The molecule has 16 rings (SSSR count). The zero-order valence-electron chi connectivity index (χ0n) is 41.1. The quantitative estimate of drug-likeness (QED) is 0.160. The molecule has 0 bridgehead atoms. The summed E-state index contributed by atoms with van der Waals surface area (Å²) in [6.45, 7) is 0. The first kappa shape index (κ1) is 42.2. The van der Waals surface area contributed by atoms with Gasteiger partial charge < -0.3 is 18.3 Å². The van der Waals surface area contributed by atoms with Gasteiger partial charge in [-0.2, -0.15) is 0 Å². The van der Waals surface area contributed by atoms with Crippen LogP contribution in [0, 0.1) is 0 Å². The van der Waals surface area contributed by atoms with Crippen molar-refractivity contribution in [1.29, 1.82) is 0 Å². The van der Waals surface area contributed by atoms with Gasteiger partial charge in [0.2, 0.25) is 0 Å². The summed E-state index contributed by atoms with van der Waals surface area (Å²) in [5.41, 5.74) is 18.5. The van der Waals surface area contributed by atoms with E-state index >= 15 is 0 Å². The number of aromatic nitrogens is 6. The van der Waals surface area contributed by atoms with E-state index in [0.29, 0.717) is 5.82 Å². The first-order valence-electron chi connectivity index (χ1n) is 25.9. The van der Waals surface area contributed by atoms with E-state index in [9.17, 15) is 0 Å². The summed E-state index contributed by atoms with van der Waals surface area (Å²) < 4.78 is 9.86. The minimum Gasteiger partial charge on any atom is -0.309 e. The SMILES string of the molecule is c1ccc(-c2cc(-c3cccc4c3c3ccc5c(c6ccccc6n5-c5ccc6c(c5)c5c(ccc7c8ccccc8n(-c8ccccc8)c75)n6-c5ccccc5)c3n4-c3ccccc3)nc(-c3ccccc3)n2)cc1. The molecule has 5 aromatic heterocycles. The summed E-state index contributed by atoms with van der Waals surface area (Å²) in [5, 5.41) is 9.54. The summed E-state index contributed by atoms with van der Waals surface area (Å²) in [5.74, 6) is 0.692. The fraction of sp³-hybridized carbons (Fsp3) is 0. The molecule has 0 aliphatic carbocycles. The van der Waals surface area contributed by atoms with Crippen LogP contribution in [0.25, 0.3) is 144 Å². The van der Waals surface area contributed by atoms with Gasteiger partial charge in [-0.1, -0.05) is 176 Å². The lowest BCUT2D eigenvalue weighted by Crippen LogP contribution is -1.96. The number of para-hydroxylation sites is 5. The molecule has 0 atom stereocenters. The lowest BCUT2D eigenvalue weighted by atomic mass is 10.0. The summed E-state index contributed by atoms with van der Waals surface area (Å²) in [4.78, 5) is 10.6. The molecule has 354 valence electrons. The van der Waals surface area contributed by atoms with Crippen molar-refractivity contribution < 1.29 is 0 Å². The molecule has 6 nitrogen and oxygen atoms in total. The lowest BCUT2D eigenvalue weighted by Gasteiger charge is -2.11. The Bertz CT molecular complexity index is 4890. The molecule has 0 aliphatic rings. The zero-order chi connectivity index (χ0) is 49.8. The topological polar surface area (TPSA) is 45.5 Å². The van der Waals surface area contributed by atoms with E-state index in [1.54, 1.807) is 0 Å². The predicted octanol–water partition coefficient (Wildman–Crippen LogP) is 17.9. The lowest BCUT2D eigenvalue weighted by molar-refractivity contribution is 1.16. The van der Waals surface area contributed by atoms with E-state index in [1.807, 2.05) is 12.1 Å². The number of hydrogen-bond donors (Lipinski definition) is 0. The first-order valence-corrected chi connectivity index (χ1v) is 25.9. The maximum absolute atomic E-state index is 5.39. The highest BCUT2D eigenvalue weighted by molar-refractivity contribution is 6.29. The molecule has 5 heterocycles. The van der Waals surface area contributed by atoms with E-state index in [-0.39, 0.29) is 0 Å². The van der Waals surface area contributed by atoms with Crippen molar-refractivity contribution in [3.63, 3.8) is 0 Å². The van der Waals surface area contributed by atoms with Crippen LogP contribution in [0.4, 0.5) is 0 Å². The van der Waals surface area contributed by atoms with E-state index in [4.69, 9.17) is 9.97 Å². The monoisotopic (exact) mass is 968 g/mol. The number of fused-ring (bicyclic) bond motifs is 14. The number of rotatable bonds is 7. The molecule has 0 N–H and O–H groups in total. The van der Waals surface area contributed by atoms with Gasteiger partial charge in [0.1, 0.15) is 0 Å². The van der Waals surface area contributed by atoms with Gasteiger partial charge in [0.25, 0.3) is 0 Å². The molecule has 0 amide bonds. The van der Waals surface area contributed by atoms with Crippen LogP contribution in [-0.2, 0) is 0 Å². The Balaban J connectivity index is 1.01. The number of hydrogen-bond acceptors (Lipinski definition) is 2. The second-order valence-electron chi connectivity index (χ2n) is 19.7. The molecular weight excluding hydrogens is 925 g/mol. The summed E-state index contributed by atoms with van der Waals surface area (Å²) in [6.07, 6.45) is 0. The average Bonchev–Trinajstić information content (AvgIpc) is 4.44. The minimum atomic E-state index is 0.692. The van der Waals surface area contributed by atoms with Crippen molar-refractivity contribution in [1.82, 2.24) is 28.2 Å². The predicted molar refractivity (Wildman–Crippen MR) is 316 cm³/mol. The van der Waals surface area contributed by atoms with Gasteiger partial charge >= 0.3 is 0 Å². The third kappa shape index (κ3) is 6.22.